The van der Waals surface area contributed by atoms with Gasteiger partial charge in [-0.2, -0.15) is 0 Å². The van der Waals surface area contributed by atoms with Crippen molar-refractivity contribution in [3.8, 4) is 0 Å². The third-order valence-corrected chi connectivity index (χ3v) is 4.01. The van der Waals surface area contributed by atoms with Crippen molar-refractivity contribution in [1.82, 2.24) is 0 Å². The van der Waals surface area contributed by atoms with E-state index in [9.17, 15) is 0 Å². The SMILES string of the molecule is CCC(CC)N(CC(C)C)c1ccc(Br)cc1CN. The molecule has 0 aliphatic rings. The zero-order valence-electron chi connectivity index (χ0n) is 12.6. The fraction of sp³-hybridized carbons (Fsp3) is 0.625. The fourth-order valence-electron chi connectivity index (χ4n) is 2.56. The maximum Gasteiger partial charge on any atom is 0.0415 e. The molecule has 0 aromatic heterocycles. The molecule has 2 nitrogen and oxygen atoms in total. The minimum absolute atomic E-state index is 0.587. The van der Waals surface area contributed by atoms with Crippen LogP contribution in [0.2, 0.25) is 0 Å². The van der Waals surface area contributed by atoms with Crippen LogP contribution in [-0.4, -0.2) is 12.6 Å². The molecule has 0 aliphatic carbocycles. The van der Waals surface area contributed by atoms with Gasteiger partial charge in [-0.1, -0.05) is 43.6 Å². The van der Waals surface area contributed by atoms with Crippen molar-refractivity contribution in [2.75, 3.05) is 11.4 Å². The molecule has 1 rings (SSSR count). The maximum atomic E-state index is 5.92. The van der Waals surface area contributed by atoms with Crippen LogP contribution in [0, 0.1) is 5.92 Å². The average Bonchev–Trinajstić information content (AvgIpc) is 2.38. The van der Waals surface area contributed by atoms with Gasteiger partial charge in [0, 0.05) is 29.3 Å². The third-order valence-electron chi connectivity index (χ3n) is 3.52. The van der Waals surface area contributed by atoms with Gasteiger partial charge in [0.25, 0.3) is 0 Å². The number of benzene rings is 1. The summed E-state index contributed by atoms with van der Waals surface area (Å²) in [7, 11) is 0. The average molecular weight is 327 g/mol. The molecule has 0 amide bonds. The molecule has 0 saturated carbocycles. The standard InChI is InChI=1S/C16H27BrN2/c1-5-15(6-2)19(11-12(3)4)16-8-7-14(17)9-13(16)10-18/h7-9,12,15H,5-6,10-11,18H2,1-4H3. The Morgan fingerprint density at radius 2 is 1.84 bits per heavy atom. The molecule has 0 fully saturated rings. The summed E-state index contributed by atoms with van der Waals surface area (Å²) in [5, 5.41) is 0. The highest BCUT2D eigenvalue weighted by molar-refractivity contribution is 9.10. The van der Waals surface area contributed by atoms with Gasteiger partial charge in [-0.3, -0.25) is 0 Å². The minimum atomic E-state index is 0.587. The number of anilines is 1. The van der Waals surface area contributed by atoms with Crippen LogP contribution in [0.5, 0.6) is 0 Å². The summed E-state index contributed by atoms with van der Waals surface area (Å²) in [5.41, 5.74) is 8.45. The van der Waals surface area contributed by atoms with E-state index in [1.165, 1.54) is 24.1 Å². The van der Waals surface area contributed by atoms with E-state index in [-0.39, 0.29) is 0 Å². The van der Waals surface area contributed by atoms with E-state index in [0.717, 1.165) is 11.0 Å². The smallest absolute Gasteiger partial charge is 0.0415 e. The van der Waals surface area contributed by atoms with Gasteiger partial charge < -0.3 is 10.6 Å². The first-order valence-corrected chi connectivity index (χ1v) is 8.07. The molecular formula is C16H27BrN2. The third kappa shape index (κ3) is 4.50. The molecule has 19 heavy (non-hydrogen) atoms. The van der Waals surface area contributed by atoms with Gasteiger partial charge in [-0.05, 0) is 42.5 Å². The molecule has 0 heterocycles. The molecular weight excluding hydrogens is 300 g/mol. The Morgan fingerprint density at radius 1 is 1.21 bits per heavy atom. The van der Waals surface area contributed by atoms with Crippen molar-refractivity contribution in [1.29, 1.82) is 0 Å². The quantitative estimate of drug-likeness (QED) is 0.795. The number of halogens is 1. The highest BCUT2D eigenvalue weighted by Crippen LogP contribution is 2.28. The predicted octanol–water partition coefficient (Wildman–Crippen LogP) is 4.56. The molecule has 1 aromatic rings. The molecule has 0 unspecified atom stereocenters. The minimum Gasteiger partial charge on any atom is -0.368 e. The lowest BCUT2D eigenvalue weighted by atomic mass is 10.0. The van der Waals surface area contributed by atoms with Gasteiger partial charge in [0.1, 0.15) is 0 Å². The zero-order chi connectivity index (χ0) is 14.4. The Hall–Kier alpha value is -0.540. The molecule has 0 radical (unpaired) electrons. The maximum absolute atomic E-state index is 5.92. The second-order valence-electron chi connectivity index (χ2n) is 5.49. The summed E-state index contributed by atoms with van der Waals surface area (Å²) in [6, 6.07) is 7.05. The lowest BCUT2D eigenvalue weighted by Gasteiger charge is -2.35. The normalized spacial score (nSPS) is 11.4. The molecule has 1 aromatic carbocycles. The molecule has 0 aliphatic heterocycles. The van der Waals surface area contributed by atoms with E-state index in [4.69, 9.17) is 5.73 Å². The lowest BCUT2D eigenvalue weighted by molar-refractivity contribution is 0.506. The first-order chi connectivity index (χ1) is 9.03. The predicted molar refractivity (Wildman–Crippen MR) is 88.6 cm³/mol. The van der Waals surface area contributed by atoms with E-state index in [1.807, 2.05) is 0 Å². The fourth-order valence-corrected chi connectivity index (χ4v) is 2.97. The van der Waals surface area contributed by atoms with Gasteiger partial charge in [-0.25, -0.2) is 0 Å². The van der Waals surface area contributed by atoms with E-state index in [0.29, 0.717) is 18.5 Å². The van der Waals surface area contributed by atoms with Gasteiger partial charge in [0.2, 0.25) is 0 Å². The van der Waals surface area contributed by atoms with Crippen LogP contribution >= 0.6 is 15.9 Å². The van der Waals surface area contributed by atoms with Gasteiger partial charge >= 0.3 is 0 Å². The van der Waals surface area contributed by atoms with Crippen molar-refractivity contribution < 1.29 is 0 Å². The molecule has 0 saturated heterocycles. The molecule has 2 N–H and O–H groups in total. The Bertz CT molecular complexity index is 386. The molecule has 108 valence electrons. The molecule has 0 bridgehead atoms. The van der Waals surface area contributed by atoms with Crippen molar-refractivity contribution in [3.63, 3.8) is 0 Å². The van der Waals surface area contributed by atoms with Crippen LogP contribution < -0.4 is 10.6 Å². The number of nitrogens with two attached hydrogens (primary N) is 1. The Morgan fingerprint density at radius 3 is 2.32 bits per heavy atom. The van der Waals surface area contributed by atoms with E-state index in [2.05, 4.69) is 66.7 Å². The van der Waals surface area contributed by atoms with E-state index < -0.39 is 0 Å². The van der Waals surface area contributed by atoms with Gasteiger partial charge in [-0.15, -0.1) is 0 Å². The number of hydrogen-bond acceptors (Lipinski definition) is 2. The monoisotopic (exact) mass is 326 g/mol. The van der Waals surface area contributed by atoms with Crippen LogP contribution in [-0.2, 0) is 6.54 Å². The summed E-state index contributed by atoms with van der Waals surface area (Å²) in [6.07, 6.45) is 2.34. The highest BCUT2D eigenvalue weighted by atomic mass is 79.9. The zero-order valence-corrected chi connectivity index (χ0v) is 14.2. The molecule has 0 spiro atoms. The number of hydrogen-bond donors (Lipinski definition) is 1. The highest BCUT2D eigenvalue weighted by Gasteiger charge is 2.19. The van der Waals surface area contributed by atoms with Crippen LogP contribution in [0.3, 0.4) is 0 Å². The summed E-state index contributed by atoms with van der Waals surface area (Å²) >= 11 is 3.53. The van der Waals surface area contributed by atoms with Crippen molar-refractivity contribution in [2.45, 2.75) is 53.1 Å². The number of rotatable bonds is 7. The summed E-state index contributed by atoms with van der Waals surface area (Å²) in [6.45, 7) is 10.8. The Kier molecular flexibility index (Phi) is 6.87. The lowest BCUT2D eigenvalue weighted by Crippen LogP contribution is -2.38. The second-order valence-corrected chi connectivity index (χ2v) is 6.41. The van der Waals surface area contributed by atoms with E-state index in [1.54, 1.807) is 0 Å². The largest absolute Gasteiger partial charge is 0.368 e. The van der Waals surface area contributed by atoms with Crippen molar-refractivity contribution in [2.24, 2.45) is 11.7 Å². The topological polar surface area (TPSA) is 29.3 Å². The summed E-state index contributed by atoms with van der Waals surface area (Å²) < 4.78 is 1.10. The molecule has 0 atom stereocenters. The molecule has 3 heteroatoms. The van der Waals surface area contributed by atoms with Crippen molar-refractivity contribution >= 4 is 21.6 Å². The van der Waals surface area contributed by atoms with Gasteiger partial charge in [0.15, 0.2) is 0 Å². The van der Waals surface area contributed by atoms with Crippen LogP contribution in [0.1, 0.15) is 46.1 Å². The Labute approximate surface area is 126 Å². The Balaban J connectivity index is 3.15. The van der Waals surface area contributed by atoms with Crippen molar-refractivity contribution in [3.05, 3.63) is 28.2 Å². The summed E-state index contributed by atoms with van der Waals surface area (Å²) in [4.78, 5) is 2.54. The van der Waals surface area contributed by atoms with Gasteiger partial charge in [0.05, 0.1) is 0 Å². The number of nitrogens with zero attached hydrogens (tertiary/aromatic N) is 1. The second kappa shape index (κ2) is 7.91. The van der Waals surface area contributed by atoms with E-state index >= 15 is 0 Å². The van der Waals surface area contributed by atoms with Crippen LogP contribution in [0.25, 0.3) is 0 Å². The van der Waals surface area contributed by atoms with Crippen LogP contribution in [0.4, 0.5) is 5.69 Å². The first-order valence-electron chi connectivity index (χ1n) is 7.28. The summed E-state index contributed by atoms with van der Waals surface area (Å²) in [5.74, 6) is 0.648. The van der Waals surface area contributed by atoms with Crippen LogP contribution in [0.15, 0.2) is 22.7 Å². The first kappa shape index (κ1) is 16.5.